The number of nitrogen functional groups attached to an aromatic ring is 1. The summed E-state index contributed by atoms with van der Waals surface area (Å²) in [5.74, 6) is -1.27. The van der Waals surface area contributed by atoms with E-state index in [1.54, 1.807) is 24.3 Å². The van der Waals surface area contributed by atoms with Crippen molar-refractivity contribution in [1.82, 2.24) is 0 Å². The summed E-state index contributed by atoms with van der Waals surface area (Å²) in [4.78, 5) is 0. The molecule has 2 aromatic carbocycles. The van der Waals surface area contributed by atoms with Crippen LogP contribution in [-0.4, -0.2) is 5.11 Å². The average molecular weight is 235 g/mol. The molecule has 0 spiro atoms. The van der Waals surface area contributed by atoms with Crippen LogP contribution in [0.4, 0.5) is 14.5 Å². The molecule has 1 unspecified atom stereocenters. The Bertz CT molecular complexity index is 543. The van der Waals surface area contributed by atoms with E-state index in [9.17, 15) is 13.9 Å². The fourth-order valence-electron chi connectivity index (χ4n) is 1.65. The molecule has 0 aliphatic heterocycles. The zero-order chi connectivity index (χ0) is 12.4. The van der Waals surface area contributed by atoms with Crippen molar-refractivity contribution < 1.29 is 13.9 Å². The van der Waals surface area contributed by atoms with Crippen LogP contribution < -0.4 is 5.73 Å². The summed E-state index contributed by atoms with van der Waals surface area (Å²) >= 11 is 0. The Labute approximate surface area is 97.3 Å². The summed E-state index contributed by atoms with van der Waals surface area (Å²) in [6.07, 6.45) is -1.27. The van der Waals surface area contributed by atoms with Crippen molar-refractivity contribution in [2.24, 2.45) is 0 Å². The Morgan fingerprint density at radius 1 is 1.00 bits per heavy atom. The lowest BCUT2D eigenvalue weighted by Crippen LogP contribution is -2.06. The minimum atomic E-state index is -1.27. The van der Waals surface area contributed by atoms with E-state index in [1.807, 2.05) is 0 Å². The molecule has 0 bridgehead atoms. The number of halogens is 2. The van der Waals surface area contributed by atoms with Gasteiger partial charge in [0.1, 0.15) is 17.7 Å². The van der Waals surface area contributed by atoms with Gasteiger partial charge in [-0.3, -0.25) is 0 Å². The summed E-state index contributed by atoms with van der Waals surface area (Å²) in [5.41, 5.74) is 6.24. The average Bonchev–Trinajstić information content (AvgIpc) is 2.32. The Morgan fingerprint density at radius 3 is 2.41 bits per heavy atom. The molecule has 2 aromatic rings. The minimum absolute atomic E-state index is 0.122. The molecular formula is C13H11F2NO. The van der Waals surface area contributed by atoms with Gasteiger partial charge in [-0.15, -0.1) is 0 Å². The number of hydrogen-bond donors (Lipinski definition) is 2. The second-order valence-electron chi connectivity index (χ2n) is 3.70. The first kappa shape index (κ1) is 11.5. The second-order valence-corrected chi connectivity index (χ2v) is 3.70. The SMILES string of the molecule is Nc1ccccc1C(O)c1cc(F)ccc1F. The predicted octanol–water partition coefficient (Wildman–Crippen LogP) is 2.63. The van der Waals surface area contributed by atoms with Gasteiger partial charge in [0.15, 0.2) is 0 Å². The topological polar surface area (TPSA) is 46.2 Å². The summed E-state index contributed by atoms with van der Waals surface area (Å²) in [6, 6.07) is 9.49. The van der Waals surface area contributed by atoms with E-state index in [0.29, 0.717) is 11.3 Å². The van der Waals surface area contributed by atoms with E-state index >= 15 is 0 Å². The van der Waals surface area contributed by atoms with Gasteiger partial charge < -0.3 is 10.8 Å². The zero-order valence-corrected chi connectivity index (χ0v) is 8.90. The van der Waals surface area contributed by atoms with Gasteiger partial charge in [0.2, 0.25) is 0 Å². The van der Waals surface area contributed by atoms with Crippen LogP contribution >= 0.6 is 0 Å². The summed E-state index contributed by atoms with van der Waals surface area (Å²) < 4.78 is 26.5. The second kappa shape index (κ2) is 4.51. The van der Waals surface area contributed by atoms with E-state index in [2.05, 4.69) is 0 Å². The Balaban J connectivity index is 2.47. The Kier molecular flexibility index (Phi) is 3.06. The lowest BCUT2D eigenvalue weighted by Gasteiger charge is -2.14. The van der Waals surface area contributed by atoms with Crippen LogP contribution in [0.3, 0.4) is 0 Å². The van der Waals surface area contributed by atoms with Crippen LogP contribution in [0.15, 0.2) is 42.5 Å². The molecule has 2 rings (SSSR count). The fourth-order valence-corrected chi connectivity index (χ4v) is 1.65. The van der Waals surface area contributed by atoms with E-state index in [1.165, 1.54) is 0 Å². The van der Waals surface area contributed by atoms with E-state index in [-0.39, 0.29) is 5.56 Å². The van der Waals surface area contributed by atoms with Gasteiger partial charge in [0.25, 0.3) is 0 Å². The van der Waals surface area contributed by atoms with Gasteiger partial charge in [-0.25, -0.2) is 8.78 Å². The maximum absolute atomic E-state index is 13.5. The Hall–Kier alpha value is -1.94. The van der Waals surface area contributed by atoms with Gasteiger partial charge >= 0.3 is 0 Å². The molecular weight excluding hydrogens is 224 g/mol. The Morgan fingerprint density at radius 2 is 1.71 bits per heavy atom. The van der Waals surface area contributed by atoms with E-state index < -0.39 is 17.7 Å². The number of benzene rings is 2. The molecule has 0 fully saturated rings. The molecule has 0 saturated carbocycles. The molecule has 0 aliphatic rings. The van der Waals surface area contributed by atoms with Crippen molar-refractivity contribution in [3.8, 4) is 0 Å². The van der Waals surface area contributed by atoms with Crippen LogP contribution in [-0.2, 0) is 0 Å². The number of nitrogens with two attached hydrogens (primary N) is 1. The normalized spacial score (nSPS) is 12.4. The third-order valence-corrected chi connectivity index (χ3v) is 2.54. The van der Waals surface area contributed by atoms with Crippen molar-refractivity contribution in [2.45, 2.75) is 6.10 Å². The molecule has 1 atom stereocenters. The van der Waals surface area contributed by atoms with Crippen LogP contribution in [0.2, 0.25) is 0 Å². The van der Waals surface area contributed by atoms with Crippen molar-refractivity contribution in [2.75, 3.05) is 5.73 Å². The van der Waals surface area contributed by atoms with Crippen LogP contribution in [0.5, 0.6) is 0 Å². The lowest BCUT2D eigenvalue weighted by atomic mass is 9.99. The number of aliphatic hydroxyl groups excluding tert-OH is 1. The molecule has 0 aliphatic carbocycles. The maximum Gasteiger partial charge on any atom is 0.129 e. The highest BCUT2D eigenvalue weighted by Gasteiger charge is 2.17. The quantitative estimate of drug-likeness (QED) is 0.786. The van der Waals surface area contributed by atoms with Crippen molar-refractivity contribution >= 4 is 5.69 Å². The van der Waals surface area contributed by atoms with E-state index in [4.69, 9.17) is 5.73 Å². The number of para-hydroxylation sites is 1. The largest absolute Gasteiger partial charge is 0.398 e. The predicted molar refractivity (Wildman–Crippen MR) is 61.3 cm³/mol. The van der Waals surface area contributed by atoms with Gasteiger partial charge in [0.05, 0.1) is 0 Å². The first-order valence-corrected chi connectivity index (χ1v) is 5.07. The molecule has 4 heteroatoms. The monoisotopic (exact) mass is 235 g/mol. The van der Waals surface area contributed by atoms with Gasteiger partial charge in [0, 0.05) is 16.8 Å². The van der Waals surface area contributed by atoms with Crippen LogP contribution in [0, 0.1) is 11.6 Å². The van der Waals surface area contributed by atoms with Gasteiger partial charge in [-0.1, -0.05) is 18.2 Å². The van der Waals surface area contributed by atoms with Crippen LogP contribution in [0.1, 0.15) is 17.2 Å². The molecule has 0 aromatic heterocycles. The molecule has 17 heavy (non-hydrogen) atoms. The number of hydrogen-bond acceptors (Lipinski definition) is 2. The van der Waals surface area contributed by atoms with Gasteiger partial charge in [-0.2, -0.15) is 0 Å². The van der Waals surface area contributed by atoms with Crippen molar-refractivity contribution in [3.05, 3.63) is 65.2 Å². The molecule has 88 valence electrons. The molecule has 0 radical (unpaired) electrons. The standard InChI is InChI=1S/C13H11F2NO/c14-8-5-6-11(15)10(7-8)13(17)9-3-1-2-4-12(9)16/h1-7,13,17H,16H2. The maximum atomic E-state index is 13.5. The molecule has 2 nitrogen and oxygen atoms in total. The van der Waals surface area contributed by atoms with Gasteiger partial charge in [-0.05, 0) is 24.3 Å². The van der Waals surface area contributed by atoms with Crippen molar-refractivity contribution in [3.63, 3.8) is 0 Å². The fraction of sp³-hybridized carbons (Fsp3) is 0.0769. The highest BCUT2D eigenvalue weighted by molar-refractivity contribution is 5.50. The summed E-state index contributed by atoms with van der Waals surface area (Å²) in [6.45, 7) is 0. The van der Waals surface area contributed by atoms with E-state index in [0.717, 1.165) is 18.2 Å². The number of aliphatic hydroxyl groups is 1. The smallest absolute Gasteiger partial charge is 0.129 e. The highest BCUT2D eigenvalue weighted by Crippen LogP contribution is 2.28. The highest BCUT2D eigenvalue weighted by atomic mass is 19.1. The lowest BCUT2D eigenvalue weighted by molar-refractivity contribution is 0.215. The summed E-state index contributed by atoms with van der Waals surface area (Å²) in [7, 11) is 0. The third kappa shape index (κ3) is 2.26. The van der Waals surface area contributed by atoms with Crippen molar-refractivity contribution in [1.29, 1.82) is 0 Å². The zero-order valence-electron chi connectivity index (χ0n) is 8.90. The minimum Gasteiger partial charge on any atom is -0.398 e. The molecule has 0 heterocycles. The first-order valence-electron chi connectivity index (χ1n) is 5.07. The summed E-state index contributed by atoms with van der Waals surface area (Å²) in [5, 5.41) is 9.99. The number of anilines is 1. The molecule has 0 amide bonds. The molecule has 3 N–H and O–H groups in total. The molecule has 0 saturated heterocycles. The van der Waals surface area contributed by atoms with Crippen LogP contribution in [0.25, 0.3) is 0 Å². The third-order valence-electron chi connectivity index (χ3n) is 2.54. The number of rotatable bonds is 2. The first-order chi connectivity index (χ1) is 8.09.